The molecule has 0 fully saturated rings. The molecule has 0 bridgehead atoms. The summed E-state index contributed by atoms with van der Waals surface area (Å²) in [5, 5.41) is 0.414. The Hall–Kier alpha value is -1.35. The lowest BCUT2D eigenvalue weighted by molar-refractivity contribution is -0.144. The number of aromatic nitrogens is 3. The van der Waals surface area contributed by atoms with Gasteiger partial charge in [0.15, 0.2) is 4.34 Å². The lowest BCUT2D eigenvalue weighted by Gasteiger charge is -2.00. The maximum Gasteiger partial charge on any atom is 0.452 e. The molecule has 2 aromatic rings. The maximum atomic E-state index is 12.3. The Balaban J connectivity index is 2.21. The molecule has 0 amide bonds. The molecule has 0 aliphatic rings. The third kappa shape index (κ3) is 2.86. The highest BCUT2D eigenvalue weighted by Gasteiger charge is 2.36. The summed E-state index contributed by atoms with van der Waals surface area (Å²) < 4.78 is 40.1. The van der Waals surface area contributed by atoms with Crippen molar-refractivity contribution in [1.29, 1.82) is 0 Å². The van der Waals surface area contributed by atoms with Crippen LogP contribution in [0.15, 0.2) is 27.7 Å². The Kier molecular flexibility index (Phi) is 3.20. The Labute approximate surface area is 102 Å². The van der Waals surface area contributed by atoms with E-state index in [-0.39, 0.29) is 4.34 Å². The van der Waals surface area contributed by atoms with Gasteiger partial charge in [0.2, 0.25) is 5.82 Å². The first kappa shape index (κ1) is 12.1. The lowest BCUT2D eigenvalue weighted by atomic mass is 10.4. The minimum atomic E-state index is -4.52. The van der Waals surface area contributed by atoms with Crippen molar-refractivity contribution in [3.63, 3.8) is 0 Å². The number of nitrogen functional groups attached to an aromatic ring is 1. The third-order valence-electron chi connectivity index (χ3n) is 1.65. The summed E-state index contributed by atoms with van der Waals surface area (Å²) in [5.41, 5.74) is 6.00. The Bertz CT molecular complexity index is 525. The summed E-state index contributed by atoms with van der Waals surface area (Å²) in [4.78, 5) is 7.31. The van der Waals surface area contributed by atoms with Crippen LogP contribution >= 0.6 is 23.3 Å². The Morgan fingerprint density at radius 1 is 1.35 bits per heavy atom. The summed E-state index contributed by atoms with van der Waals surface area (Å²) in [7, 11) is 0. The number of hydrogen-bond donors (Lipinski definition) is 1. The molecule has 90 valence electrons. The maximum absolute atomic E-state index is 12.3. The van der Waals surface area contributed by atoms with E-state index in [1.165, 1.54) is 6.20 Å². The van der Waals surface area contributed by atoms with Gasteiger partial charge >= 0.3 is 6.18 Å². The molecule has 9 heteroatoms. The van der Waals surface area contributed by atoms with Crippen LogP contribution in [0.3, 0.4) is 0 Å². The summed E-state index contributed by atoms with van der Waals surface area (Å²) in [5.74, 6) is -1.14. The van der Waals surface area contributed by atoms with E-state index in [2.05, 4.69) is 14.3 Å². The van der Waals surface area contributed by atoms with Crippen molar-refractivity contribution in [2.45, 2.75) is 15.5 Å². The van der Waals surface area contributed by atoms with Gasteiger partial charge in [-0.1, -0.05) is 0 Å². The first-order valence-corrected chi connectivity index (χ1v) is 5.85. The van der Waals surface area contributed by atoms with Crippen molar-refractivity contribution in [2.75, 3.05) is 5.73 Å². The summed E-state index contributed by atoms with van der Waals surface area (Å²) in [6, 6.07) is 3.25. The highest BCUT2D eigenvalue weighted by Crippen LogP contribution is 2.34. The Morgan fingerprint density at radius 3 is 2.71 bits per heavy atom. The van der Waals surface area contributed by atoms with Crippen LogP contribution in [-0.4, -0.2) is 14.3 Å². The molecule has 0 unspecified atom stereocenters. The number of halogens is 3. The second kappa shape index (κ2) is 4.49. The van der Waals surface area contributed by atoms with Crippen molar-refractivity contribution in [3.8, 4) is 0 Å². The molecule has 2 rings (SSSR count). The molecule has 2 N–H and O–H groups in total. The molecular weight excluding hydrogens is 273 g/mol. The van der Waals surface area contributed by atoms with Crippen LogP contribution in [0.1, 0.15) is 5.82 Å². The van der Waals surface area contributed by atoms with Gasteiger partial charge in [0.25, 0.3) is 0 Å². The fourth-order valence-corrected chi connectivity index (χ4v) is 2.47. The van der Waals surface area contributed by atoms with Gasteiger partial charge in [-0.2, -0.15) is 17.5 Å². The van der Waals surface area contributed by atoms with E-state index in [1.54, 1.807) is 12.1 Å². The largest absolute Gasteiger partial charge is 0.452 e. The first-order valence-electron chi connectivity index (χ1n) is 4.26. The smallest absolute Gasteiger partial charge is 0.397 e. The molecule has 2 aromatic heterocycles. The molecule has 17 heavy (non-hydrogen) atoms. The quantitative estimate of drug-likeness (QED) is 0.915. The highest BCUT2D eigenvalue weighted by molar-refractivity contribution is 8.01. The molecule has 0 aliphatic heterocycles. The number of pyridine rings is 1. The zero-order valence-corrected chi connectivity index (χ0v) is 9.73. The van der Waals surface area contributed by atoms with Crippen LogP contribution < -0.4 is 5.73 Å². The van der Waals surface area contributed by atoms with Gasteiger partial charge in [0.05, 0.1) is 5.69 Å². The molecule has 0 aromatic carbocycles. The summed E-state index contributed by atoms with van der Waals surface area (Å²) in [6.07, 6.45) is -3.02. The Morgan fingerprint density at radius 2 is 2.12 bits per heavy atom. The monoisotopic (exact) mass is 278 g/mol. The van der Waals surface area contributed by atoms with Gasteiger partial charge in [-0.3, -0.25) is 0 Å². The zero-order chi connectivity index (χ0) is 12.5. The molecule has 0 saturated heterocycles. The van der Waals surface area contributed by atoms with Crippen LogP contribution in [-0.2, 0) is 6.18 Å². The standard InChI is InChI=1S/C8H5F3N4S2/c9-8(10,11)6-14-7(17-15-6)16-5-4(12)2-1-3-13-5/h1-3H,12H2. The van der Waals surface area contributed by atoms with Crippen molar-refractivity contribution >= 4 is 29.0 Å². The second-order valence-electron chi connectivity index (χ2n) is 2.88. The van der Waals surface area contributed by atoms with Gasteiger partial charge in [0, 0.05) is 6.20 Å². The number of alkyl halides is 3. The molecular formula is C8H5F3N4S2. The van der Waals surface area contributed by atoms with Gasteiger partial charge < -0.3 is 5.73 Å². The summed E-state index contributed by atoms with van der Waals surface area (Å²) >= 11 is 1.63. The SMILES string of the molecule is Nc1cccnc1Sc1nc(C(F)(F)F)ns1. The van der Waals surface area contributed by atoms with Crippen LogP contribution in [0.25, 0.3) is 0 Å². The highest BCUT2D eigenvalue weighted by atomic mass is 32.2. The van der Waals surface area contributed by atoms with Crippen molar-refractivity contribution in [1.82, 2.24) is 14.3 Å². The molecule has 2 heterocycles. The molecule has 0 radical (unpaired) electrons. The number of nitrogens with two attached hydrogens (primary N) is 1. The number of anilines is 1. The fourth-order valence-electron chi connectivity index (χ4n) is 0.937. The second-order valence-corrected chi connectivity index (χ2v) is 4.87. The van der Waals surface area contributed by atoms with Crippen LogP contribution in [0.2, 0.25) is 0 Å². The number of nitrogens with zero attached hydrogens (tertiary/aromatic N) is 3. The molecule has 4 nitrogen and oxygen atoms in total. The topological polar surface area (TPSA) is 64.7 Å². The fraction of sp³-hybridized carbons (Fsp3) is 0.125. The third-order valence-corrected chi connectivity index (χ3v) is 3.43. The lowest BCUT2D eigenvalue weighted by Crippen LogP contribution is -2.06. The van der Waals surface area contributed by atoms with Gasteiger partial charge in [-0.15, -0.1) is 0 Å². The first-order chi connectivity index (χ1) is 7.97. The normalized spacial score (nSPS) is 11.7. The number of rotatable bonds is 2. The predicted molar refractivity (Wildman–Crippen MR) is 57.7 cm³/mol. The van der Waals surface area contributed by atoms with Crippen molar-refractivity contribution in [2.24, 2.45) is 0 Å². The minimum Gasteiger partial charge on any atom is -0.397 e. The van der Waals surface area contributed by atoms with Crippen molar-refractivity contribution in [3.05, 3.63) is 24.2 Å². The van der Waals surface area contributed by atoms with Gasteiger partial charge in [-0.25, -0.2) is 9.97 Å². The van der Waals surface area contributed by atoms with E-state index >= 15 is 0 Å². The molecule has 0 atom stereocenters. The van der Waals surface area contributed by atoms with E-state index in [1.807, 2.05) is 0 Å². The van der Waals surface area contributed by atoms with E-state index < -0.39 is 12.0 Å². The van der Waals surface area contributed by atoms with Crippen LogP contribution in [0.4, 0.5) is 18.9 Å². The zero-order valence-electron chi connectivity index (χ0n) is 8.10. The van der Waals surface area contributed by atoms with E-state index in [4.69, 9.17) is 5.73 Å². The van der Waals surface area contributed by atoms with E-state index in [0.717, 1.165) is 11.8 Å². The van der Waals surface area contributed by atoms with Gasteiger partial charge in [0.1, 0.15) is 5.03 Å². The van der Waals surface area contributed by atoms with E-state index in [0.29, 0.717) is 22.2 Å². The minimum absolute atomic E-state index is 0.155. The molecule has 0 saturated carbocycles. The van der Waals surface area contributed by atoms with Crippen molar-refractivity contribution < 1.29 is 13.2 Å². The van der Waals surface area contributed by atoms with Crippen LogP contribution in [0.5, 0.6) is 0 Å². The molecule has 0 spiro atoms. The average molecular weight is 278 g/mol. The number of hydrogen-bond acceptors (Lipinski definition) is 6. The molecule has 0 aliphatic carbocycles. The summed E-state index contributed by atoms with van der Waals surface area (Å²) in [6.45, 7) is 0. The average Bonchev–Trinajstić information content (AvgIpc) is 2.69. The van der Waals surface area contributed by atoms with Crippen LogP contribution in [0, 0.1) is 0 Å². The van der Waals surface area contributed by atoms with Gasteiger partial charge in [-0.05, 0) is 35.4 Å². The van der Waals surface area contributed by atoms with E-state index in [9.17, 15) is 13.2 Å². The predicted octanol–water partition coefficient (Wildman–Crippen LogP) is 2.69.